The summed E-state index contributed by atoms with van der Waals surface area (Å²) < 4.78 is 17.2. The zero-order valence-corrected chi connectivity index (χ0v) is 6.19. The van der Waals surface area contributed by atoms with Crippen LogP contribution in [0.25, 0.3) is 0 Å². The van der Waals surface area contributed by atoms with Crippen LogP contribution in [-0.4, -0.2) is 18.7 Å². The summed E-state index contributed by atoms with van der Waals surface area (Å²) in [5, 5.41) is 0. The molecule has 0 amide bonds. The third-order valence-corrected chi connectivity index (χ3v) is 1.88. The van der Waals surface area contributed by atoms with Gasteiger partial charge in [0.2, 0.25) is 0 Å². The van der Waals surface area contributed by atoms with E-state index in [1.807, 2.05) is 0 Å². The SMILES string of the molecule is COC(=O)C1CC(C)(F)C1. The van der Waals surface area contributed by atoms with Gasteiger partial charge in [-0.25, -0.2) is 4.39 Å². The molecular formula is C7H11FO2. The first-order valence-electron chi connectivity index (χ1n) is 3.32. The van der Waals surface area contributed by atoms with Crippen molar-refractivity contribution < 1.29 is 13.9 Å². The van der Waals surface area contributed by atoms with Crippen molar-refractivity contribution in [1.82, 2.24) is 0 Å². The molecule has 3 heteroatoms. The van der Waals surface area contributed by atoms with Crippen molar-refractivity contribution in [3.05, 3.63) is 0 Å². The quantitative estimate of drug-likeness (QED) is 0.521. The highest BCUT2D eigenvalue weighted by Gasteiger charge is 2.44. The summed E-state index contributed by atoms with van der Waals surface area (Å²) in [5.74, 6) is -0.477. The molecular weight excluding hydrogens is 135 g/mol. The van der Waals surface area contributed by atoms with Gasteiger partial charge in [0.15, 0.2) is 0 Å². The second kappa shape index (κ2) is 2.22. The van der Waals surface area contributed by atoms with Gasteiger partial charge < -0.3 is 4.74 Å². The highest BCUT2D eigenvalue weighted by Crippen LogP contribution is 2.41. The number of carbonyl (C=O) groups is 1. The summed E-state index contributed by atoms with van der Waals surface area (Å²) in [6, 6.07) is 0. The normalized spacial score (nSPS) is 38.5. The summed E-state index contributed by atoms with van der Waals surface area (Å²) in [7, 11) is 1.33. The van der Waals surface area contributed by atoms with Crippen molar-refractivity contribution >= 4 is 5.97 Å². The van der Waals surface area contributed by atoms with Crippen LogP contribution in [0.2, 0.25) is 0 Å². The highest BCUT2D eigenvalue weighted by atomic mass is 19.1. The van der Waals surface area contributed by atoms with Gasteiger partial charge in [0, 0.05) is 0 Å². The number of hydrogen-bond donors (Lipinski definition) is 0. The first-order chi connectivity index (χ1) is 4.55. The zero-order valence-electron chi connectivity index (χ0n) is 6.19. The predicted octanol–water partition coefficient (Wildman–Crippen LogP) is 1.30. The monoisotopic (exact) mass is 146 g/mol. The first-order valence-corrected chi connectivity index (χ1v) is 3.32. The Kier molecular flexibility index (Phi) is 1.67. The smallest absolute Gasteiger partial charge is 0.308 e. The molecule has 0 aromatic carbocycles. The molecule has 0 spiro atoms. The third-order valence-electron chi connectivity index (χ3n) is 1.88. The van der Waals surface area contributed by atoms with E-state index in [1.165, 1.54) is 14.0 Å². The van der Waals surface area contributed by atoms with Crippen molar-refractivity contribution in [2.45, 2.75) is 25.4 Å². The van der Waals surface area contributed by atoms with Gasteiger partial charge in [-0.2, -0.15) is 0 Å². The van der Waals surface area contributed by atoms with Crippen LogP contribution in [0.1, 0.15) is 19.8 Å². The van der Waals surface area contributed by atoms with Crippen molar-refractivity contribution in [2.24, 2.45) is 5.92 Å². The lowest BCUT2D eigenvalue weighted by Crippen LogP contribution is -2.41. The predicted molar refractivity (Wildman–Crippen MR) is 34.3 cm³/mol. The van der Waals surface area contributed by atoms with Crippen LogP contribution in [0, 0.1) is 5.92 Å². The van der Waals surface area contributed by atoms with E-state index in [4.69, 9.17) is 0 Å². The van der Waals surface area contributed by atoms with Crippen LogP contribution < -0.4 is 0 Å². The molecule has 2 nitrogen and oxygen atoms in total. The molecule has 1 saturated carbocycles. The largest absolute Gasteiger partial charge is 0.469 e. The van der Waals surface area contributed by atoms with Crippen LogP contribution in [0.15, 0.2) is 0 Å². The number of carbonyl (C=O) groups excluding carboxylic acids is 1. The molecule has 0 aliphatic heterocycles. The van der Waals surface area contributed by atoms with Crippen LogP contribution in [0.4, 0.5) is 4.39 Å². The second-order valence-electron chi connectivity index (χ2n) is 3.04. The van der Waals surface area contributed by atoms with E-state index < -0.39 is 5.67 Å². The minimum Gasteiger partial charge on any atom is -0.469 e. The molecule has 0 saturated heterocycles. The van der Waals surface area contributed by atoms with E-state index >= 15 is 0 Å². The van der Waals surface area contributed by atoms with E-state index in [0.29, 0.717) is 12.8 Å². The van der Waals surface area contributed by atoms with Gasteiger partial charge in [-0.15, -0.1) is 0 Å². The maximum absolute atomic E-state index is 12.7. The Hall–Kier alpha value is -0.600. The molecule has 1 fully saturated rings. The standard InChI is InChI=1S/C7H11FO2/c1-7(8)3-5(4-7)6(9)10-2/h5H,3-4H2,1-2H3. The maximum atomic E-state index is 12.7. The van der Waals surface area contributed by atoms with E-state index in [1.54, 1.807) is 0 Å². The summed E-state index contributed by atoms with van der Waals surface area (Å²) in [6.07, 6.45) is 0.638. The van der Waals surface area contributed by atoms with Crippen LogP contribution in [-0.2, 0) is 9.53 Å². The highest BCUT2D eigenvalue weighted by molar-refractivity contribution is 5.73. The van der Waals surface area contributed by atoms with Gasteiger partial charge in [-0.1, -0.05) is 0 Å². The Labute approximate surface area is 59.4 Å². The van der Waals surface area contributed by atoms with Crippen LogP contribution in [0.3, 0.4) is 0 Å². The Bertz CT molecular complexity index is 146. The number of rotatable bonds is 1. The lowest BCUT2D eigenvalue weighted by Gasteiger charge is -2.36. The fourth-order valence-electron chi connectivity index (χ4n) is 1.30. The fourth-order valence-corrected chi connectivity index (χ4v) is 1.30. The maximum Gasteiger partial charge on any atom is 0.308 e. The number of methoxy groups -OCH3 is 1. The molecule has 10 heavy (non-hydrogen) atoms. The topological polar surface area (TPSA) is 26.3 Å². The lowest BCUT2D eigenvalue weighted by atomic mass is 9.74. The third kappa shape index (κ3) is 1.28. The zero-order chi connectivity index (χ0) is 7.78. The van der Waals surface area contributed by atoms with Gasteiger partial charge in [-0.05, 0) is 19.8 Å². The van der Waals surface area contributed by atoms with Gasteiger partial charge in [-0.3, -0.25) is 4.79 Å². The molecule has 1 rings (SSSR count). The summed E-state index contributed by atoms with van der Waals surface area (Å²) >= 11 is 0. The molecule has 0 atom stereocenters. The Balaban J connectivity index is 2.33. The van der Waals surface area contributed by atoms with E-state index in [0.717, 1.165) is 0 Å². The molecule has 58 valence electrons. The summed E-state index contributed by atoms with van der Waals surface area (Å²) in [6.45, 7) is 1.51. The van der Waals surface area contributed by atoms with Crippen molar-refractivity contribution in [1.29, 1.82) is 0 Å². The minimum atomic E-state index is -1.13. The number of alkyl halides is 1. The second-order valence-corrected chi connectivity index (χ2v) is 3.04. The van der Waals surface area contributed by atoms with E-state index in [-0.39, 0.29) is 11.9 Å². The molecule has 0 bridgehead atoms. The fraction of sp³-hybridized carbons (Fsp3) is 0.857. The lowest BCUT2D eigenvalue weighted by molar-refractivity contribution is -0.154. The number of halogens is 1. The van der Waals surface area contributed by atoms with Crippen LogP contribution >= 0.6 is 0 Å². The van der Waals surface area contributed by atoms with Gasteiger partial charge >= 0.3 is 5.97 Å². The molecule has 0 heterocycles. The Morgan fingerprint density at radius 3 is 2.50 bits per heavy atom. The van der Waals surface area contributed by atoms with Crippen LogP contribution in [0.5, 0.6) is 0 Å². The van der Waals surface area contributed by atoms with E-state index in [2.05, 4.69) is 4.74 Å². The minimum absolute atomic E-state index is 0.194. The first kappa shape index (κ1) is 7.51. The number of ether oxygens (including phenoxy) is 1. The van der Waals surface area contributed by atoms with Crippen molar-refractivity contribution in [3.8, 4) is 0 Å². The summed E-state index contributed by atoms with van der Waals surface area (Å²) in [4.78, 5) is 10.7. The molecule has 1 aliphatic carbocycles. The Morgan fingerprint density at radius 2 is 2.20 bits per heavy atom. The van der Waals surface area contributed by atoms with Gasteiger partial charge in [0.25, 0.3) is 0 Å². The number of hydrogen-bond acceptors (Lipinski definition) is 2. The molecule has 0 aromatic rings. The van der Waals surface area contributed by atoms with Crippen molar-refractivity contribution in [2.75, 3.05) is 7.11 Å². The molecule has 0 radical (unpaired) electrons. The van der Waals surface area contributed by atoms with Gasteiger partial charge in [0.1, 0.15) is 5.67 Å². The molecule has 0 aromatic heterocycles. The Morgan fingerprint density at radius 1 is 1.70 bits per heavy atom. The van der Waals surface area contributed by atoms with Crippen molar-refractivity contribution in [3.63, 3.8) is 0 Å². The average Bonchev–Trinajstić information content (AvgIpc) is 1.81. The molecule has 0 N–H and O–H groups in total. The summed E-state index contributed by atoms with van der Waals surface area (Å²) in [5.41, 5.74) is -1.13. The average molecular weight is 146 g/mol. The van der Waals surface area contributed by atoms with E-state index in [9.17, 15) is 9.18 Å². The molecule has 1 aliphatic rings. The molecule has 0 unspecified atom stereocenters. The van der Waals surface area contributed by atoms with Gasteiger partial charge in [0.05, 0.1) is 13.0 Å². The number of esters is 1.